The number of halogens is 3. The fourth-order valence-corrected chi connectivity index (χ4v) is 4.63. The molecule has 0 amide bonds. The minimum Gasteiger partial charge on any atom is -0.399 e. The first-order valence-corrected chi connectivity index (χ1v) is 11.5. The first-order valence-electron chi connectivity index (χ1n) is 11.5. The van der Waals surface area contributed by atoms with Crippen molar-refractivity contribution in [2.45, 2.75) is 32.1 Å². The van der Waals surface area contributed by atoms with E-state index in [1.54, 1.807) is 6.92 Å². The van der Waals surface area contributed by atoms with Crippen molar-refractivity contribution in [1.82, 2.24) is 25.1 Å². The Morgan fingerprint density at radius 2 is 2.00 bits per heavy atom. The average Bonchev–Trinajstić information content (AvgIpc) is 2.84. The molecule has 0 spiro atoms. The first kappa shape index (κ1) is 23.5. The van der Waals surface area contributed by atoms with E-state index >= 15 is 0 Å². The minimum absolute atomic E-state index is 0.00869. The number of ether oxygens (including phenoxy) is 1. The number of morpholine rings is 1. The molecular formula is C23H27F3N8O. The zero-order valence-corrected chi connectivity index (χ0v) is 19.5. The number of nitrogens with two attached hydrogens (primary N) is 1. The Hall–Kier alpha value is -3.25. The maximum Gasteiger partial charge on any atom is 0.433 e. The lowest BCUT2D eigenvalue weighted by atomic mass is 10.1. The van der Waals surface area contributed by atoms with Crippen LogP contribution in [0.3, 0.4) is 0 Å². The highest BCUT2D eigenvalue weighted by Crippen LogP contribution is 2.32. The average molecular weight is 489 g/mol. The molecule has 12 heteroatoms. The number of aromatic nitrogens is 4. The number of pyridine rings is 2. The van der Waals surface area contributed by atoms with Crippen LogP contribution >= 0.6 is 0 Å². The number of rotatable bonds is 4. The SMILES string of the molecule is Cc1nnc(N[C@H](C)c2cc(N)cc(C(F)(F)F)n2)c2cc(N3CCN4CCOC[C@@H]4C3)cnc12. The van der Waals surface area contributed by atoms with Crippen LogP contribution < -0.4 is 16.0 Å². The van der Waals surface area contributed by atoms with Gasteiger partial charge in [0.2, 0.25) is 0 Å². The number of piperazine rings is 1. The summed E-state index contributed by atoms with van der Waals surface area (Å²) in [4.78, 5) is 13.1. The molecule has 2 saturated heterocycles. The smallest absolute Gasteiger partial charge is 0.399 e. The van der Waals surface area contributed by atoms with Gasteiger partial charge < -0.3 is 20.7 Å². The standard InChI is InChI=1S/C23H27F3N8O/c1-13(19-7-15(27)8-20(30-19)23(24,25)26)29-22-18-9-16(10-28-21(18)14(2)31-32-22)34-4-3-33-5-6-35-12-17(33)11-34/h7-10,13,17H,3-6,11-12H2,1-2H3,(H2,27,30)(H,29,32)/t13-,17+/m1/s1. The minimum atomic E-state index is -4.59. The van der Waals surface area contributed by atoms with Crippen molar-refractivity contribution in [2.75, 3.05) is 55.3 Å². The normalized spacial score (nSPS) is 20.0. The van der Waals surface area contributed by atoms with Gasteiger partial charge in [-0.1, -0.05) is 0 Å². The van der Waals surface area contributed by atoms with Gasteiger partial charge >= 0.3 is 6.18 Å². The molecule has 186 valence electrons. The summed E-state index contributed by atoms with van der Waals surface area (Å²) in [6, 6.07) is 3.98. The molecule has 35 heavy (non-hydrogen) atoms. The fraction of sp³-hybridized carbons (Fsp3) is 0.478. The van der Waals surface area contributed by atoms with E-state index in [9.17, 15) is 13.2 Å². The van der Waals surface area contributed by atoms with Crippen molar-refractivity contribution >= 4 is 28.1 Å². The molecular weight excluding hydrogens is 461 g/mol. The third-order valence-electron chi connectivity index (χ3n) is 6.53. The van der Waals surface area contributed by atoms with Gasteiger partial charge in [-0.25, -0.2) is 4.98 Å². The lowest BCUT2D eigenvalue weighted by molar-refractivity contribution is -0.141. The molecule has 0 bridgehead atoms. The van der Waals surface area contributed by atoms with E-state index < -0.39 is 17.9 Å². The Balaban J connectivity index is 1.45. The van der Waals surface area contributed by atoms with Gasteiger partial charge in [-0.3, -0.25) is 9.88 Å². The maximum absolute atomic E-state index is 13.2. The molecule has 2 aliphatic rings. The Bertz CT molecular complexity index is 1240. The van der Waals surface area contributed by atoms with Crippen LogP contribution in [-0.2, 0) is 10.9 Å². The van der Waals surface area contributed by atoms with Gasteiger partial charge in [0, 0.05) is 37.3 Å². The van der Waals surface area contributed by atoms with Crippen molar-refractivity contribution in [3.05, 3.63) is 41.5 Å². The van der Waals surface area contributed by atoms with Gasteiger partial charge in [0.05, 0.1) is 54.1 Å². The van der Waals surface area contributed by atoms with Crippen molar-refractivity contribution in [2.24, 2.45) is 0 Å². The van der Waals surface area contributed by atoms with E-state index in [1.165, 1.54) is 6.07 Å². The van der Waals surface area contributed by atoms with Gasteiger partial charge in [-0.15, -0.1) is 5.10 Å². The van der Waals surface area contributed by atoms with Gasteiger partial charge in [0.15, 0.2) is 5.82 Å². The summed E-state index contributed by atoms with van der Waals surface area (Å²) in [5.41, 5.74) is 7.13. The summed E-state index contributed by atoms with van der Waals surface area (Å²) < 4.78 is 45.3. The van der Waals surface area contributed by atoms with E-state index in [4.69, 9.17) is 10.5 Å². The Labute approximate surface area is 200 Å². The third kappa shape index (κ3) is 4.80. The third-order valence-corrected chi connectivity index (χ3v) is 6.53. The number of nitrogens with one attached hydrogen (secondary N) is 1. The molecule has 9 nitrogen and oxygen atoms in total. The summed E-state index contributed by atoms with van der Waals surface area (Å²) in [5.74, 6) is 0.421. The molecule has 0 unspecified atom stereocenters. The van der Waals surface area contributed by atoms with E-state index in [0.29, 0.717) is 29.7 Å². The topological polar surface area (TPSA) is 105 Å². The Kier molecular flexibility index (Phi) is 6.09. The monoisotopic (exact) mass is 488 g/mol. The van der Waals surface area contributed by atoms with Crippen LogP contribution in [0.25, 0.3) is 10.9 Å². The predicted octanol–water partition coefficient (Wildman–Crippen LogP) is 3.02. The largest absolute Gasteiger partial charge is 0.433 e. The van der Waals surface area contributed by atoms with Crippen molar-refractivity contribution < 1.29 is 17.9 Å². The number of nitrogen functional groups attached to an aromatic ring is 1. The molecule has 2 atom stereocenters. The second kappa shape index (κ2) is 9.08. The highest BCUT2D eigenvalue weighted by Gasteiger charge is 2.34. The maximum atomic E-state index is 13.2. The summed E-state index contributed by atoms with van der Waals surface area (Å²) in [6.07, 6.45) is -2.76. The lowest BCUT2D eigenvalue weighted by Crippen LogP contribution is -2.58. The molecule has 3 aromatic heterocycles. The van der Waals surface area contributed by atoms with Crippen molar-refractivity contribution in [1.29, 1.82) is 0 Å². The highest BCUT2D eigenvalue weighted by molar-refractivity contribution is 5.92. The summed E-state index contributed by atoms with van der Waals surface area (Å²) in [5, 5.41) is 12.4. The lowest BCUT2D eigenvalue weighted by Gasteiger charge is -2.44. The Morgan fingerprint density at radius 1 is 1.17 bits per heavy atom. The Morgan fingerprint density at radius 3 is 2.80 bits per heavy atom. The predicted molar refractivity (Wildman–Crippen MR) is 126 cm³/mol. The molecule has 2 aliphatic heterocycles. The van der Waals surface area contributed by atoms with E-state index in [2.05, 4.69) is 35.3 Å². The molecule has 3 aromatic rings. The first-order chi connectivity index (χ1) is 16.7. The quantitative estimate of drug-likeness (QED) is 0.573. The van der Waals surface area contributed by atoms with E-state index in [1.807, 2.05) is 19.2 Å². The zero-order valence-electron chi connectivity index (χ0n) is 19.5. The van der Waals surface area contributed by atoms with Gasteiger partial charge in [-0.2, -0.15) is 18.3 Å². The molecule has 0 aliphatic carbocycles. The van der Waals surface area contributed by atoms with Crippen LogP contribution in [0.1, 0.15) is 30.0 Å². The van der Waals surface area contributed by atoms with E-state index in [0.717, 1.165) is 49.9 Å². The van der Waals surface area contributed by atoms with Crippen LogP contribution in [0.15, 0.2) is 24.4 Å². The molecule has 0 aromatic carbocycles. The van der Waals surface area contributed by atoms with E-state index in [-0.39, 0.29) is 11.4 Å². The van der Waals surface area contributed by atoms with Crippen LogP contribution in [-0.4, -0.2) is 70.5 Å². The molecule has 5 rings (SSSR count). The summed E-state index contributed by atoms with van der Waals surface area (Å²) in [7, 11) is 0. The number of hydrogen-bond donors (Lipinski definition) is 2. The summed E-state index contributed by atoms with van der Waals surface area (Å²) in [6.45, 7) is 8.60. The van der Waals surface area contributed by atoms with Gasteiger partial charge in [0.25, 0.3) is 0 Å². The molecule has 5 heterocycles. The van der Waals surface area contributed by atoms with Crippen LogP contribution in [0.2, 0.25) is 0 Å². The van der Waals surface area contributed by atoms with Crippen molar-refractivity contribution in [3.63, 3.8) is 0 Å². The second-order valence-corrected chi connectivity index (χ2v) is 9.01. The number of nitrogens with zero attached hydrogens (tertiary/aromatic N) is 6. The van der Waals surface area contributed by atoms with Crippen LogP contribution in [0.5, 0.6) is 0 Å². The molecule has 0 saturated carbocycles. The fourth-order valence-electron chi connectivity index (χ4n) is 4.63. The number of anilines is 3. The molecule has 0 radical (unpaired) electrons. The number of hydrogen-bond acceptors (Lipinski definition) is 9. The van der Waals surface area contributed by atoms with Gasteiger partial charge in [-0.05, 0) is 32.0 Å². The van der Waals surface area contributed by atoms with Crippen LogP contribution in [0, 0.1) is 6.92 Å². The van der Waals surface area contributed by atoms with Crippen molar-refractivity contribution in [3.8, 4) is 0 Å². The molecule has 3 N–H and O–H groups in total. The summed E-state index contributed by atoms with van der Waals surface area (Å²) >= 11 is 0. The number of fused-ring (bicyclic) bond motifs is 2. The molecule has 2 fully saturated rings. The number of alkyl halides is 3. The second-order valence-electron chi connectivity index (χ2n) is 9.01. The highest BCUT2D eigenvalue weighted by atomic mass is 19.4. The van der Waals surface area contributed by atoms with Crippen LogP contribution in [0.4, 0.5) is 30.4 Å². The van der Waals surface area contributed by atoms with Gasteiger partial charge in [0.1, 0.15) is 5.69 Å². The number of aryl methyl sites for hydroxylation is 1. The zero-order chi connectivity index (χ0) is 24.7.